The van der Waals surface area contributed by atoms with Crippen molar-refractivity contribution in [3.05, 3.63) is 35.9 Å². The van der Waals surface area contributed by atoms with Crippen molar-refractivity contribution in [2.24, 2.45) is 27.7 Å². The first-order valence-electron chi connectivity index (χ1n) is 21.4. The molecule has 13 nitrogen and oxygen atoms in total. The summed E-state index contributed by atoms with van der Waals surface area (Å²) in [4.78, 5) is 67.0. The fourth-order valence-corrected chi connectivity index (χ4v) is 8.72. The Morgan fingerprint density at radius 3 is 2.30 bits per heavy atom. The van der Waals surface area contributed by atoms with Crippen molar-refractivity contribution < 1.29 is 28.7 Å². The molecule has 3 N–H and O–H groups in total. The number of fused-ring (bicyclic) bond motifs is 2. The van der Waals surface area contributed by atoms with Gasteiger partial charge in [0, 0.05) is 47.1 Å². The van der Waals surface area contributed by atoms with Crippen molar-refractivity contribution in [1.29, 1.82) is 0 Å². The molecule has 3 fully saturated rings. The minimum Gasteiger partial charge on any atom is -0.379 e. The Balaban J connectivity index is 0.00000281. The molecule has 3 aliphatic rings. The number of aliphatic imine (C=N–C) groups is 2. The van der Waals surface area contributed by atoms with E-state index in [1.54, 1.807) is 39.4 Å². The van der Waals surface area contributed by atoms with Gasteiger partial charge in [-0.2, -0.15) is 0 Å². The number of nitrogens with one attached hydrogen (secondary N) is 3. The van der Waals surface area contributed by atoms with Crippen LogP contribution >= 0.6 is 0 Å². The molecule has 1 aliphatic carbocycles. The minimum absolute atomic E-state index is 0.0199. The highest BCUT2D eigenvalue weighted by Crippen LogP contribution is 2.35. The molecule has 4 amide bonds. The number of hydrogen-bond donors (Lipinski definition) is 3. The van der Waals surface area contributed by atoms with E-state index in [1.807, 2.05) is 49.1 Å². The Morgan fingerprint density at radius 2 is 1.74 bits per heavy atom. The number of carbonyl (C=O) groups excluding carboxylic acids is 4. The second kappa shape index (κ2) is 24.3. The van der Waals surface area contributed by atoms with Crippen molar-refractivity contribution in [2.75, 3.05) is 41.4 Å². The molecule has 1 aromatic carbocycles. The molecule has 1 saturated carbocycles. The Labute approximate surface area is 342 Å². The van der Waals surface area contributed by atoms with Crippen molar-refractivity contribution in [3.8, 4) is 0 Å². The monoisotopic (exact) mass is 796 g/mol. The molecule has 10 atom stereocenters. The number of piperidine rings is 1. The maximum atomic E-state index is 14.2. The topological polar surface area (TPSA) is 154 Å². The number of rotatable bonds is 19. The zero-order chi connectivity index (χ0) is 42.1. The molecule has 2 heterocycles. The summed E-state index contributed by atoms with van der Waals surface area (Å²) in [7, 11) is 6.57. The van der Waals surface area contributed by atoms with E-state index in [9.17, 15) is 19.2 Å². The molecule has 320 valence electrons. The average Bonchev–Trinajstić information content (AvgIpc) is 3.99. The van der Waals surface area contributed by atoms with Crippen molar-refractivity contribution >= 4 is 35.7 Å². The number of hydrogen-bond acceptors (Lipinski definition) is 8. The number of carbonyl (C=O) groups is 4. The van der Waals surface area contributed by atoms with Crippen LogP contribution in [0, 0.1) is 17.8 Å². The van der Waals surface area contributed by atoms with Gasteiger partial charge in [-0.3, -0.25) is 24.2 Å². The minimum atomic E-state index is -0.584. The van der Waals surface area contributed by atoms with E-state index in [0.29, 0.717) is 37.2 Å². The lowest BCUT2D eigenvalue weighted by molar-refractivity contribution is -0.145. The summed E-state index contributed by atoms with van der Waals surface area (Å²) in [5.41, 5.74) is 1.05. The van der Waals surface area contributed by atoms with Crippen LogP contribution in [0.1, 0.15) is 105 Å². The quantitative estimate of drug-likeness (QED) is 0.134. The van der Waals surface area contributed by atoms with E-state index in [4.69, 9.17) is 9.47 Å². The molecule has 0 aromatic heterocycles. The van der Waals surface area contributed by atoms with Crippen LogP contribution < -0.4 is 16.0 Å². The molecule has 2 bridgehead atoms. The van der Waals surface area contributed by atoms with Crippen LogP contribution in [0.3, 0.4) is 0 Å². The number of nitrogens with zero attached hydrogens (tertiary/aromatic N) is 4. The second-order valence-corrected chi connectivity index (χ2v) is 16.0. The van der Waals surface area contributed by atoms with Gasteiger partial charge in [-0.15, -0.1) is 0 Å². The Kier molecular flexibility index (Phi) is 20.3. The number of amidine groups is 1. The standard InChI is InChI=1S/C41H65N7O6.C3H8/c1-9-20-43-39(42-5)31(22-28-15-12-11-13-16-28)46-40(51)27(4)38(54-8)32-17-14-21-48(32)34(49)24-33(53-7)37(26(3)10-2)47(6)35(50)25-44-41(52)36-29-18-19-30(23-29)45-36;1-3-2/h11-13,15-16,20,26-27,29-33,36-38,45H,9-10,14,17-19,21-25H2,1-8H3,(H,44,52)(H,46,51);3H2,1-2H3. The van der Waals surface area contributed by atoms with Gasteiger partial charge in [0.05, 0.1) is 55.3 Å². The second-order valence-electron chi connectivity index (χ2n) is 16.0. The molecule has 0 spiro atoms. The smallest absolute Gasteiger partial charge is 0.242 e. The summed E-state index contributed by atoms with van der Waals surface area (Å²) in [5, 5.41) is 9.44. The summed E-state index contributed by atoms with van der Waals surface area (Å²) in [6.45, 7) is 12.6. The number of amides is 4. The van der Waals surface area contributed by atoms with Gasteiger partial charge < -0.3 is 35.2 Å². The van der Waals surface area contributed by atoms with Crippen LogP contribution in [0.25, 0.3) is 0 Å². The Hall–Kier alpha value is -3.68. The number of likely N-dealkylation sites (tertiary alicyclic amines) is 1. The molecule has 4 rings (SSSR count). The first kappa shape index (κ1) is 47.7. The number of ether oxygens (including phenoxy) is 2. The van der Waals surface area contributed by atoms with Crippen molar-refractivity contribution in [1.82, 2.24) is 25.8 Å². The van der Waals surface area contributed by atoms with Crippen LogP contribution in [0.4, 0.5) is 0 Å². The van der Waals surface area contributed by atoms with Gasteiger partial charge in [0.25, 0.3) is 0 Å². The average molecular weight is 796 g/mol. The third-order valence-corrected chi connectivity index (χ3v) is 11.9. The normalized spacial score (nSPS) is 23.5. The van der Waals surface area contributed by atoms with E-state index in [1.165, 1.54) is 6.42 Å². The van der Waals surface area contributed by atoms with E-state index in [-0.39, 0.29) is 54.6 Å². The van der Waals surface area contributed by atoms with Crippen LogP contribution in [-0.4, -0.2) is 129 Å². The molecule has 1 aromatic rings. The van der Waals surface area contributed by atoms with E-state index < -0.39 is 30.2 Å². The molecule has 13 heteroatoms. The highest BCUT2D eigenvalue weighted by Gasteiger charge is 2.44. The summed E-state index contributed by atoms with van der Waals surface area (Å²) in [5.74, 6) is -0.371. The highest BCUT2D eigenvalue weighted by atomic mass is 16.5. The van der Waals surface area contributed by atoms with E-state index in [2.05, 4.69) is 53.6 Å². The fourth-order valence-electron chi connectivity index (χ4n) is 8.72. The summed E-state index contributed by atoms with van der Waals surface area (Å²) >= 11 is 0. The Morgan fingerprint density at radius 1 is 1.04 bits per heavy atom. The third-order valence-electron chi connectivity index (χ3n) is 11.9. The zero-order valence-corrected chi connectivity index (χ0v) is 36.5. The summed E-state index contributed by atoms with van der Waals surface area (Å²) in [6, 6.07) is 8.91. The van der Waals surface area contributed by atoms with Crippen molar-refractivity contribution in [3.63, 3.8) is 0 Å². The molecule has 57 heavy (non-hydrogen) atoms. The van der Waals surface area contributed by atoms with Crippen LogP contribution in [-0.2, 0) is 35.1 Å². The van der Waals surface area contributed by atoms with Crippen LogP contribution in [0.15, 0.2) is 40.3 Å². The van der Waals surface area contributed by atoms with E-state index >= 15 is 0 Å². The van der Waals surface area contributed by atoms with Crippen LogP contribution in [0.2, 0.25) is 0 Å². The molecular formula is C44H73N7O6. The molecule has 2 aliphatic heterocycles. The van der Waals surface area contributed by atoms with Gasteiger partial charge in [-0.1, -0.05) is 84.7 Å². The molecular weight excluding hydrogens is 723 g/mol. The van der Waals surface area contributed by atoms with E-state index in [0.717, 1.165) is 44.1 Å². The van der Waals surface area contributed by atoms with Gasteiger partial charge in [-0.25, -0.2) is 4.99 Å². The van der Waals surface area contributed by atoms with Gasteiger partial charge in [-0.05, 0) is 62.3 Å². The van der Waals surface area contributed by atoms with Gasteiger partial charge >= 0.3 is 0 Å². The lowest BCUT2D eigenvalue weighted by Gasteiger charge is -2.39. The first-order chi connectivity index (χ1) is 27.4. The van der Waals surface area contributed by atoms with Gasteiger partial charge in [0.15, 0.2) is 0 Å². The lowest BCUT2D eigenvalue weighted by atomic mass is 9.90. The molecule has 2 saturated heterocycles. The van der Waals surface area contributed by atoms with Crippen LogP contribution in [0.5, 0.6) is 0 Å². The third kappa shape index (κ3) is 13.2. The largest absolute Gasteiger partial charge is 0.379 e. The van der Waals surface area contributed by atoms with Gasteiger partial charge in [0.2, 0.25) is 23.6 Å². The number of methoxy groups -OCH3 is 2. The fraction of sp³-hybridized carbons (Fsp3) is 0.727. The summed E-state index contributed by atoms with van der Waals surface area (Å²) in [6.07, 6.45) is 8.62. The number of benzene rings is 1. The summed E-state index contributed by atoms with van der Waals surface area (Å²) < 4.78 is 12.0. The molecule has 10 unspecified atom stereocenters. The SMILES string of the molecule is CCC.CCC=NC(=NC)C(Cc1ccccc1)NC(=O)C(C)C(OC)C1CCCN1C(=O)CC(OC)C(C(C)CC)N(C)C(=O)CNC(=O)C1NC2CCC1C2. The number of likely N-dealkylation sites (N-methyl/N-ethyl adjacent to an activating group) is 1. The van der Waals surface area contributed by atoms with Gasteiger partial charge in [0.1, 0.15) is 5.84 Å². The lowest BCUT2D eigenvalue weighted by Crippen LogP contribution is -2.55. The first-order valence-corrected chi connectivity index (χ1v) is 21.4. The predicted octanol–water partition coefficient (Wildman–Crippen LogP) is 4.82. The van der Waals surface area contributed by atoms with Crippen molar-refractivity contribution in [2.45, 2.75) is 148 Å². The Bertz CT molecular complexity index is 1470. The molecule has 0 radical (unpaired) electrons. The zero-order valence-electron chi connectivity index (χ0n) is 36.5. The highest BCUT2D eigenvalue weighted by molar-refractivity contribution is 5.96. The maximum absolute atomic E-state index is 14.2. The predicted molar refractivity (Wildman–Crippen MR) is 227 cm³/mol. The maximum Gasteiger partial charge on any atom is 0.242 e.